The first-order chi connectivity index (χ1) is 18.5. The van der Waals surface area contributed by atoms with E-state index in [4.69, 9.17) is 4.84 Å². The Kier molecular flexibility index (Phi) is 10.3. The summed E-state index contributed by atoms with van der Waals surface area (Å²) in [6.45, 7) is 4.49. The van der Waals surface area contributed by atoms with Gasteiger partial charge in [-0.2, -0.15) is 0 Å². The van der Waals surface area contributed by atoms with Crippen LogP contribution in [-0.2, 0) is 35.4 Å². The maximum atomic E-state index is 13.5. The molecule has 2 fully saturated rings. The van der Waals surface area contributed by atoms with Crippen LogP contribution in [0, 0.1) is 0 Å². The molecule has 1 aromatic carbocycles. The molecule has 0 saturated carbocycles. The largest absolute Gasteiger partial charge is 0.429 e. The molecular weight excluding hydrogens is 504 g/mol. The lowest BCUT2D eigenvalue weighted by atomic mass is 9.91. The topological polar surface area (TPSA) is 142 Å². The molecule has 0 bridgehead atoms. The fourth-order valence-electron chi connectivity index (χ4n) is 5.29. The number of fused-ring (bicyclic) bond motifs is 1. The molecule has 11 heteroatoms. The van der Waals surface area contributed by atoms with Crippen molar-refractivity contribution >= 4 is 35.8 Å². The Bertz CT molecular complexity index is 1090. The summed E-state index contributed by atoms with van der Waals surface area (Å²) < 4.78 is 0. The van der Waals surface area contributed by atoms with Gasteiger partial charge in [0.25, 0.3) is 0 Å². The summed E-state index contributed by atoms with van der Waals surface area (Å²) in [6, 6.07) is 4.77. The number of hydroxylamine groups is 1. The number of amides is 3. The lowest BCUT2D eigenvalue weighted by molar-refractivity contribution is -0.145. The quantitative estimate of drug-likeness (QED) is 0.260. The molecule has 4 atom stereocenters. The van der Waals surface area contributed by atoms with E-state index in [0.717, 1.165) is 29.7 Å². The van der Waals surface area contributed by atoms with Gasteiger partial charge in [0.1, 0.15) is 35.9 Å². The maximum Gasteiger partial charge on any atom is 0.429 e. The van der Waals surface area contributed by atoms with Crippen LogP contribution in [0.15, 0.2) is 24.3 Å². The Hall–Kier alpha value is -3.60. The van der Waals surface area contributed by atoms with E-state index < -0.39 is 30.1 Å². The van der Waals surface area contributed by atoms with Crippen LogP contribution >= 0.6 is 0 Å². The van der Waals surface area contributed by atoms with E-state index in [1.165, 1.54) is 20.9 Å². The van der Waals surface area contributed by atoms with Crippen LogP contribution in [0.2, 0.25) is 0 Å². The summed E-state index contributed by atoms with van der Waals surface area (Å²) in [4.78, 5) is 81.8. The van der Waals surface area contributed by atoms with Crippen molar-refractivity contribution in [1.82, 2.24) is 20.6 Å². The van der Waals surface area contributed by atoms with Crippen LogP contribution in [-0.4, -0.2) is 76.8 Å². The lowest BCUT2D eigenvalue weighted by Crippen LogP contribution is -2.56. The zero-order chi connectivity index (χ0) is 28.7. The van der Waals surface area contributed by atoms with Crippen LogP contribution < -0.4 is 10.8 Å². The summed E-state index contributed by atoms with van der Waals surface area (Å²) in [6.07, 6.45) is 3.92. The van der Waals surface area contributed by atoms with Gasteiger partial charge in [0.2, 0.25) is 11.8 Å². The van der Waals surface area contributed by atoms with Crippen LogP contribution in [0.1, 0.15) is 76.3 Å². The Morgan fingerprint density at radius 3 is 2.46 bits per heavy atom. The molecule has 11 nitrogen and oxygen atoms in total. The highest BCUT2D eigenvalue weighted by Gasteiger charge is 2.43. The van der Waals surface area contributed by atoms with E-state index in [2.05, 4.69) is 10.8 Å². The Balaban J connectivity index is 1.67. The fraction of sp³-hybridized carbons (Fsp3) is 0.571. The first kappa shape index (κ1) is 29.9. The number of nitrogens with zero attached hydrogens (tertiary/aromatic N) is 2. The molecule has 2 heterocycles. The highest BCUT2D eigenvalue weighted by molar-refractivity contribution is 6.05. The molecule has 0 radical (unpaired) electrons. The highest BCUT2D eigenvalue weighted by atomic mass is 16.7. The number of carbonyl (C=O) groups is 6. The summed E-state index contributed by atoms with van der Waals surface area (Å²) in [7, 11) is 1.43. The van der Waals surface area contributed by atoms with Crippen molar-refractivity contribution in [2.24, 2.45) is 0 Å². The van der Waals surface area contributed by atoms with Crippen molar-refractivity contribution in [1.29, 1.82) is 0 Å². The second kappa shape index (κ2) is 13.5. The number of carbonyl (C=O) groups excluding carboxylic acids is 6. The van der Waals surface area contributed by atoms with Crippen molar-refractivity contribution < 1.29 is 33.6 Å². The number of hydrogen-bond donors (Lipinski definition) is 2. The van der Waals surface area contributed by atoms with Gasteiger partial charge in [-0.1, -0.05) is 37.1 Å². The van der Waals surface area contributed by atoms with Crippen molar-refractivity contribution in [3.63, 3.8) is 0 Å². The van der Waals surface area contributed by atoms with Crippen molar-refractivity contribution in [2.75, 3.05) is 7.05 Å². The van der Waals surface area contributed by atoms with Crippen LogP contribution in [0.25, 0.3) is 0 Å². The van der Waals surface area contributed by atoms with Crippen LogP contribution in [0.3, 0.4) is 0 Å². The molecule has 2 aliphatic heterocycles. The number of nitrogens with one attached hydrogen (secondary N) is 2. The third-order valence-corrected chi connectivity index (χ3v) is 7.59. The predicted molar refractivity (Wildman–Crippen MR) is 141 cm³/mol. The van der Waals surface area contributed by atoms with Gasteiger partial charge >= 0.3 is 6.09 Å². The Morgan fingerprint density at radius 1 is 1.10 bits per heavy atom. The summed E-state index contributed by atoms with van der Waals surface area (Å²) in [5, 5.41) is 2.91. The molecule has 3 amide bonds. The van der Waals surface area contributed by atoms with Crippen molar-refractivity contribution in [3.05, 3.63) is 35.4 Å². The van der Waals surface area contributed by atoms with Gasteiger partial charge in [-0.15, -0.1) is 5.48 Å². The number of benzene rings is 1. The second-order valence-electron chi connectivity index (χ2n) is 10.4. The number of Topliss-reactive ketones (excluding diaryl/α,β-unsaturated/α-hetero) is 2. The SMILES string of the molecule is CC(=O)C(C(C)=O)c1cccc(CNC(=O)[C@@H]2CC[C@@H]3CCCC[C@H](NOC(=O)N(C)[C@@H](C)C=O)C(=O)N32)c1. The van der Waals surface area contributed by atoms with Gasteiger partial charge in [-0.05, 0) is 57.6 Å². The Morgan fingerprint density at radius 2 is 1.79 bits per heavy atom. The molecule has 2 saturated heterocycles. The van der Waals surface area contributed by atoms with Gasteiger partial charge in [0, 0.05) is 19.6 Å². The maximum absolute atomic E-state index is 13.5. The van der Waals surface area contributed by atoms with Gasteiger partial charge in [-0.25, -0.2) is 4.79 Å². The van der Waals surface area contributed by atoms with Gasteiger partial charge < -0.3 is 24.7 Å². The number of aldehydes is 1. The molecule has 3 rings (SSSR count). The van der Waals surface area contributed by atoms with Crippen LogP contribution in [0.4, 0.5) is 4.79 Å². The number of hydrogen-bond acceptors (Lipinski definition) is 8. The first-order valence-corrected chi connectivity index (χ1v) is 13.4. The lowest BCUT2D eigenvalue weighted by Gasteiger charge is -2.35. The molecule has 1 aromatic rings. The molecule has 2 aliphatic rings. The highest BCUT2D eigenvalue weighted by Crippen LogP contribution is 2.31. The first-order valence-electron chi connectivity index (χ1n) is 13.4. The van der Waals surface area contributed by atoms with Crippen LogP contribution in [0.5, 0.6) is 0 Å². The number of likely N-dealkylation sites (N-methyl/N-ethyl adjacent to an activating group) is 1. The van der Waals surface area contributed by atoms with Gasteiger partial charge in [0.05, 0.1) is 6.04 Å². The average Bonchev–Trinajstić information content (AvgIpc) is 3.32. The van der Waals surface area contributed by atoms with Crippen molar-refractivity contribution in [3.8, 4) is 0 Å². The molecule has 0 spiro atoms. The van der Waals surface area contributed by atoms with Crippen molar-refractivity contribution in [2.45, 2.75) is 95.9 Å². The molecule has 0 unspecified atom stereocenters. The molecule has 0 aliphatic carbocycles. The molecule has 39 heavy (non-hydrogen) atoms. The Labute approximate surface area is 228 Å². The van der Waals surface area contributed by atoms with Gasteiger partial charge in [-0.3, -0.25) is 19.2 Å². The van der Waals surface area contributed by atoms with E-state index in [1.54, 1.807) is 36.1 Å². The smallest absolute Gasteiger partial charge is 0.353 e. The molecule has 0 aromatic heterocycles. The van der Waals surface area contributed by atoms with E-state index >= 15 is 0 Å². The van der Waals surface area contributed by atoms with E-state index in [0.29, 0.717) is 31.1 Å². The monoisotopic (exact) mass is 542 g/mol. The van der Waals surface area contributed by atoms with Gasteiger partial charge in [0.15, 0.2) is 0 Å². The third kappa shape index (κ3) is 7.29. The second-order valence-corrected chi connectivity index (χ2v) is 10.4. The van der Waals surface area contributed by atoms with E-state index in [1.807, 2.05) is 0 Å². The number of rotatable bonds is 10. The molecule has 2 N–H and O–H groups in total. The normalized spacial score (nSPS) is 21.8. The zero-order valence-corrected chi connectivity index (χ0v) is 23.0. The minimum absolute atomic E-state index is 0.0819. The predicted octanol–water partition coefficient (Wildman–Crippen LogP) is 2.03. The summed E-state index contributed by atoms with van der Waals surface area (Å²) >= 11 is 0. The number of ketones is 2. The third-order valence-electron chi connectivity index (χ3n) is 7.59. The fourth-order valence-corrected chi connectivity index (χ4v) is 5.29. The average molecular weight is 543 g/mol. The minimum Gasteiger partial charge on any atom is -0.353 e. The standard InChI is InChI=1S/C28H38N4O7/c1-17(16-33)31(4)28(38)39-30-23-11-6-5-10-22-12-13-24(32(22)27(23)37)26(36)29-15-20-8-7-9-21(14-20)25(18(2)34)19(3)35/h7-9,14,16-17,22-25,30H,5-6,10-13,15H2,1-4H3,(H,29,36)/t17-,22-,23-,24-/m0/s1. The van der Waals surface area contributed by atoms with E-state index in [9.17, 15) is 28.8 Å². The zero-order valence-electron chi connectivity index (χ0n) is 23.0. The summed E-state index contributed by atoms with van der Waals surface area (Å²) in [5.41, 5.74) is 3.90. The van der Waals surface area contributed by atoms with E-state index in [-0.39, 0.29) is 36.0 Å². The molecule has 212 valence electrons. The minimum atomic E-state index is -0.838. The molecular formula is C28H38N4O7. The summed E-state index contributed by atoms with van der Waals surface area (Å²) in [5.74, 6) is -1.91.